The van der Waals surface area contributed by atoms with Crippen LogP contribution in [0.3, 0.4) is 0 Å². The summed E-state index contributed by atoms with van der Waals surface area (Å²) in [4.78, 5) is 17.0. The molecule has 2 aliphatic rings. The number of fused-ring (bicyclic) bond motifs is 2. The van der Waals surface area contributed by atoms with Crippen molar-refractivity contribution in [2.45, 2.75) is 25.8 Å². The number of benzene rings is 1. The van der Waals surface area contributed by atoms with Crippen LogP contribution in [0.5, 0.6) is 5.75 Å². The van der Waals surface area contributed by atoms with Crippen molar-refractivity contribution in [1.29, 1.82) is 0 Å². The van der Waals surface area contributed by atoms with Gasteiger partial charge >= 0.3 is 0 Å². The number of likely N-dealkylation sites (N-methyl/N-ethyl adjacent to an activating group) is 1. The van der Waals surface area contributed by atoms with Gasteiger partial charge in [-0.2, -0.15) is 5.10 Å². The maximum Gasteiger partial charge on any atom is 0.162 e. The zero-order valence-electron chi connectivity index (χ0n) is 20.6. The number of piperidine rings is 1. The van der Waals surface area contributed by atoms with Gasteiger partial charge in [0.2, 0.25) is 0 Å². The Balaban J connectivity index is 1.23. The van der Waals surface area contributed by atoms with Crippen molar-refractivity contribution in [2.75, 3.05) is 57.8 Å². The highest BCUT2D eigenvalue weighted by Gasteiger charge is 2.27. The normalized spacial score (nSPS) is 18.5. The lowest BCUT2D eigenvalue weighted by Crippen LogP contribution is -2.52. The Hall–Kier alpha value is -3.23. The molecule has 2 aliphatic heterocycles. The molecule has 6 rings (SSSR count). The molecule has 35 heavy (non-hydrogen) atoms. The van der Waals surface area contributed by atoms with Crippen LogP contribution >= 0.6 is 0 Å². The molecule has 8 nitrogen and oxygen atoms in total. The molecule has 0 aliphatic carbocycles. The van der Waals surface area contributed by atoms with Crippen molar-refractivity contribution in [2.24, 2.45) is 0 Å². The van der Waals surface area contributed by atoms with Crippen molar-refractivity contribution < 1.29 is 4.74 Å². The van der Waals surface area contributed by atoms with Gasteiger partial charge in [-0.3, -0.25) is 9.88 Å². The van der Waals surface area contributed by atoms with Gasteiger partial charge in [0.15, 0.2) is 5.65 Å². The number of anilines is 1. The van der Waals surface area contributed by atoms with E-state index < -0.39 is 0 Å². The summed E-state index contributed by atoms with van der Waals surface area (Å²) in [5, 5.41) is 5.72. The van der Waals surface area contributed by atoms with Crippen molar-refractivity contribution in [1.82, 2.24) is 29.4 Å². The van der Waals surface area contributed by atoms with Gasteiger partial charge in [0.05, 0.1) is 36.4 Å². The van der Waals surface area contributed by atoms with Gasteiger partial charge in [-0.05, 0) is 56.6 Å². The third-order valence-corrected chi connectivity index (χ3v) is 7.54. The van der Waals surface area contributed by atoms with E-state index in [0.29, 0.717) is 12.6 Å². The second-order valence-corrected chi connectivity index (χ2v) is 9.67. The minimum Gasteiger partial charge on any atom is -0.494 e. The van der Waals surface area contributed by atoms with Crippen LogP contribution in [0.15, 0.2) is 49.1 Å². The van der Waals surface area contributed by atoms with E-state index in [1.54, 1.807) is 0 Å². The van der Waals surface area contributed by atoms with Crippen LogP contribution in [0.4, 0.5) is 5.69 Å². The molecule has 0 saturated carbocycles. The van der Waals surface area contributed by atoms with Crippen LogP contribution in [0.2, 0.25) is 0 Å². The highest BCUT2D eigenvalue weighted by molar-refractivity contribution is 5.98. The van der Waals surface area contributed by atoms with E-state index in [1.165, 1.54) is 39.0 Å². The SMILES string of the molecule is CCOc1ccc2nccc(-c3cnn4cc(N5CCC(N6CCN(C)CC6)CC5)cnc34)c2c1. The fraction of sp³-hybridized carbons (Fsp3) is 0.444. The fourth-order valence-electron chi connectivity index (χ4n) is 5.51. The second kappa shape index (κ2) is 9.43. The third kappa shape index (κ3) is 4.32. The van der Waals surface area contributed by atoms with Gasteiger partial charge in [0.25, 0.3) is 0 Å². The van der Waals surface area contributed by atoms with E-state index in [-0.39, 0.29) is 0 Å². The van der Waals surface area contributed by atoms with Gasteiger partial charge in [0, 0.05) is 62.5 Å². The van der Waals surface area contributed by atoms with Crippen molar-refractivity contribution >= 4 is 22.2 Å². The summed E-state index contributed by atoms with van der Waals surface area (Å²) in [6, 6.07) is 8.77. The van der Waals surface area contributed by atoms with Crippen molar-refractivity contribution in [3.05, 3.63) is 49.1 Å². The number of pyridine rings is 1. The summed E-state index contributed by atoms with van der Waals surface area (Å²) in [6.45, 7) is 9.51. The topological polar surface area (TPSA) is 62.0 Å². The summed E-state index contributed by atoms with van der Waals surface area (Å²) in [5.41, 5.74) is 5.01. The van der Waals surface area contributed by atoms with Crippen LogP contribution in [0, 0.1) is 0 Å². The Morgan fingerprint density at radius 2 is 1.77 bits per heavy atom. The Labute approximate surface area is 206 Å². The second-order valence-electron chi connectivity index (χ2n) is 9.67. The average Bonchev–Trinajstić information content (AvgIpc) is 3.32. The summed E-state index contributed by atoms with van der Waals surface area (Å²) in [7, 11) is 2.22. The number of hydrogen-bond donors (Lipinski definition) is 0. The van der Waals surface area contributed by atoms with Gasteiger partial charge < -0.3 is 14.5 Å². The molecule has 5 heterocycles. The molecule has 0 spiro atoms. The van der Waals surface area contributed by atoms with E-state index in [0.717, 1.165) is 52.2 Å². The molecule has 2 fully saturated rings. The average molecular weight is 472 g/mol. The van der Waals surface area contributed by atoms with Crippen LogP contribution in [-0.2, 0) is 0 Å². The smallest absolute Gasteiger partial charge is 0.162 e. The Morgan fingerprint density at radius 3 is 2.57 bits per heavy atom. The summed E-state index contributed by atoms with van der Waals surface area (Å²) >= 11 is 0. The van der Waals surface area contributed by atoms with E-state index in [1.807, 2.05) is 48.2 Å². The molecular weight excluding hydrogens is 438 g/mol. The molecule has 182 valence electrons. The molecule has 2 saturated heterocycles. The van der Waals surface area contributed by atoms with Gasteiger partial charge in [-0.25, -0.2) is 9.50 Å². The quantitative estimate of drug-likeness (QED) is 0.441. The molecule has 3 aromatic heterocycles. The summed E-state index contributed by atoms with van der Waals surface area (Å²) < 4.78 is 7.65. The number of rotatable bonds is 5. The molecule has 8 heteroatoms. The molecule has 4 aromatic rings. The highest BCUT2D eigenvalue weighted by atomic mass is 16.5. The molecule has 0 radical (unpaired) electrons. The summed E-state index contributed by atoms with van der Waals surface area (Å²) in [6.07, 6.45) is 10.3. The first-order chi connectivity index (χ1) is 17.2. The van der Waals surface area contributed by atoms with Crippen molar-refractivity contribution in [3.63, 3.8) is 0 Å². The maximum absolute atomic E-state index is 5.73. The van der Waals surface area contributed by atoms with Crippen LogP contribution in [-0.4, -0.2) is 88.3 Å². The first-order valence-corrected chi connectivity index (χ1v) is 12.7. The lowest BCUT2D eigenvalue weighted by molar-refractivity contribution is 0.0982. The first kappa shape index (κ1) is 22.2. The third-order valence-electron chi connectivity index (χ3n) is 7.54. The molecule has 0 bridgehead atoms. The van der Waals surface area contributed by atoms with E-state index in [4.69, 9.17) is 9.72 Å². The zero-order valence-corrected chi connectivity index (χ0v) is 20.6. The molecular formula is C27H33N7O. The Morgan fingerprint density at radius 1 is 0.943 bits per heavy atom. The minimum absolute atomic E-state index is 0.634. The monoisotopic (exact) mass is 471 g/mol. The van der Waals surface area contributed by atoms with Gasteiger partial charge in [-0.15, -0.1) is 0 Å². The lowest BCUT2D eigenvalue weighted by Gasteiger charge is -2.42. The molecule has 0 amide bonds. The van der Waals surface area contributed by atoms with Gasteiger partial charge in [-0.1, -0.05) is 0 Å². The first-order valence-electron chi connectivity index (χ1n) is 12.7. The molecule has 1 aromatic carbocycles. The Bertz CT molecular complexity index is 1320. The van der Waals surface area contributed by atoms with Crippen molar-refractivity contribution in [3.8, 4) is 16.9 Å². The number of aromatic nitrogens is 4. The van der Waals surface area contributed by atoms with E-state index in [2.05, 4.69) is 44.1 Å². The number of nitrogens with zero attached hydrogens (tertiary/aromatic N) is 7. The standard InChI is InChI=1S/C27H33N7O/c1-3-35-22-4-5-26-24(16-22)23(6-9-28-26)25-18-30-34-19-21(17-29-27(25)34)32-10-7-20(8-11-32)33-14-12-31(2)13-15-33/h4-6,9,16-20H,3,7-8,10-15H2,1-2H3. The number of ether oxygens (including phenoxy) is 1. The van der Waals surface area contributed by atoms with Gasteiger partial charge in [0.1, 0.15) is 5.75 Å². The molecule has 0 N–H and O–H groups in total. The maximum atomic E-state index is 5.73. The Kier molecular flexibility index (Phi) is 6.00. The predicted molar refractivity (Wildman–Crippen MR) is 139 cm³/mol. The van der Waals surface area contributed by atoms with E-state index >= 15 is 0 Å². The van der Waals surface area contributed by atoms with E-state index in [9.17, 15) is 0 Å². The van der Waals surface area contributed by atoms with Crippen LogP contribution in [0.1, 0.15) is 19.8 Å². The predicted octanol–water partition coefficient (Wildman–Crippen LogP) is 3.56. The minimum atomic E-state index is 0.634. The lowest BCUT2D eigenvalue weighted by atomic mass is 10.0. The van der Waals surface area contributed by atoms with Crippen LogP contribution < -0.4 is 9.64 Å². The summed E-state index contributed by atoms with van der Waals surface area (Å²) in [5.74, 6) is 0.848. The number of hydrogen-bond acceptors (Lipinski definition) is 7. The van der Waals surface area contributed by atoms with Crippen LogP contribution in [0.25, 0.3) is 27.7 Å². The zero-order chi connectivity index (χ0) is 23.8. The highest BCUT2D eigenvalue weighted by Crippen LogP contribution is 2.33. The largest absolute Gasteiger partial charge is 0.494 e. The fourth-order valence-corrected chi connectivity index (χ4v) is 5.51. The number of piperazine rings is 1. The molecule has 0 unspecified atom stereocenters. The molecule has 0 atom stereocenters.